The second kappa shape index (κ2) is 7.21. The van der Waals surface area contributed by atoms with Gasteiger partial charge in [-0.3, -0.25) is 0 Å². The van der Waals surface area contributed by atoms with Crippen LogP contribution in [0.5, 0.6) is 0 Å². The molecule has 0 aliphatic carbocycles. The van der Waals surface area contributed by atoms with Crippen LogP contribution in [-0.2, 0) is 0 Å². The lowest BCUT2D eigenvalue weighted by Crippen LogP contribution is -2.18. The van der Waals surface area contributed by atoms with Crippen molar-refractivity contribution in [2.75, 3.05) is 24.3 Å². The lowest BCUT2D eigenvalue weighted by Gasteiger charge is -2.21. The van der Waals surface area contributed by atoms with E-state index < -0.39 is 0 Å². The molecule has 0 fully saturated rings. The minimum absolute atomic E-state index is 0.544. The number of hydrogen-bond donors (Lipinski definition) is 1. The molecule has 2 nitrogen and oxygen atoms in total. The molecule has 1 unspecified atom stereocenters. The van der Waals surface area contributed by atoms with E-state index in [0.29, 0.717) is 6.04 Å². The summed E-state index contributed by atoms with van der Waals surface area (Å²) in [6.45, 7) is 4.52. The molecule has 1 atom stereocenters. The summed E-state index contributed by atoms with van der Waals surface area (Å²) in [6, 6.07) is 9.03. The maximum Gasteiger partial charge on any atom is 0.0596 e. The Bertz CT molecular complexity index is 320. The number of anilines is 2. The van der Waals surface area contributed by atoms with Crippen molar-refractivity contribution in [1.29, 1.82) is 0 Å². The van der Waals surface area contributed by atoms with Crippen LogP contribution in [0.15, 0.2) is 24.3 Å². The largest absolute Gasteiger partial charge is 0.381 e. The standard InChI is InChI=1S/C15H26N2/c1-5-6-7-10-13(2)16-14-11-8-9-12-15(14)17(3)4/h8-9,11-13,16H,5-7,10H2,1-4H3. The number of nitrogens with zero attached hydrogens (tertiary/aromatic N) is 1. The van der Waals surface area contributed by atoms with Gasteiger partial charge >= 0.3 is 0 Å². The molecule has 0 heterocycles. The predicted molar refractivity (Wildman–Crippen MR) is 78.0 cm³/mol. The Labute approximate surface area is 106 Å². The van der Waals surface area contributed by atoms with E-state index in [2.05, 4.69) is 62.4 Å². The van der Waals surface area contributed by atoms with Gasteiger partial charge < -0.3 is 10.2 Å². The van der Waals surface area contributed by atoms with Crippen molar-refractivity contribution < 1.29 is 0 Å². The van der Waals surface area contributed by atoms with E-state index in [1.807, 2.05) is 0 Å². The molecule has 0 saturated carbocycles. The third-order valence-electron chi connectivity index (χ3n) is 3.03. The van der Waals surface area contributed by atoms with Crippen LogP contribution in [0, 0.1) is 0 Å². The topological polar surface area (TPSA) is 15.3 Å². The first-order chi connectivity index (χ1) is 8.15. The first-order valence-corrected chi connectivity index (χ1v) is 6.68. The second-order valence-electron chi connectivity index (χ2n) is 4.95. The Hall–Kier alpha value is -1.18. The molecule has 1 aromatic rings. The summed E-state index contributed by atoms with van der Waals surface area (Å²) in [5.74, 6) is 0. The van der Waals surface area contributed by atoms with Crippen LogP contribution in [-0.4, -0.2) is 20.1 Å². The third kappa shape index (κ3) is 4.68. The van der Waals surface area contributed by atoms with E-state index in [9.17, 15) is 0 Å². The van der Waals surface area contributed by atoms with Crippen molar-refractivity contribution in [3.63, 3.8) is 0 Å². The van der Waals surface area contributed by atoms with Crippen molar-refractivity contribution in [2.45, 2.75) is 45.6 Å². The summed E-state index contributed by atoms with van der Waals surface area (Å²) in [7, 11) is 4.17. The number of nitrogens with one attached hydrogen (secondary N) is 1. The number of benzene rings is 1. The minimum atomic E-state index is 0.544. The molecular weight excluding hydrogens is 208 g/mol. The second-order valence-corrected chi connectivity index (χ2v) is 4.95. The monoisotopic (exact) mass is 234 g/mol. The van der Waals surface area contributed by atoms with Gasteiger partial charge in [-0.2, -0.15) is 0 Å². The number of hydrogen-bond acceptors (Lipinski definition) is 2. The van der Waals surface area contributed by atoms with Crippen LogP contribution in [0.2, 0.25) is 0 Å². The number of para-hydroxylation sites is 2. The molecule has 0 bridgehead atoms. The van der Waals surface area contributed by atoms with Crippen molar-refractivity contribution >= 4 is 11.4 Å². The maximum absolute atomic E-state index is 3.61. The van der Waals surface area contributed by atoms with Gasteiger partial charge in [0.1, 0.15) is 0 Å². The third-order valence-corrected chi connectivity index (χ3v) is 3.03. The Kier molecular flexibility index (Phi) is 5.88. The Balaban J connectivity index is 2.55. The van der Waals surface area contributed by atoms with Crippen molar-refractivity contribution in [1.82, 2.24) is 0 Å². The highest BCUT2D eigenvalue weighted by Crippen LogP contribution is 2.24. The quantitative estimate of drug-likeness (QED) is 0.713. The molecule has 0 spiro atoms. The average molecular weight is 234 g/mol. The SMILES string of the molecule is CCCCCC(C)Nc1ccccc1N(C)C. The van der Waals surface area contributed by atoms with Gasteiger partial charge in [0.05, 0.1) is 11.4 Å². The van der Waals surface area contributed by atoms with Crippen LogP contribution in [0.25, 0.3) is 0 Å². The van der Waals surface area contributed by atoms with E-state index in [0.717, 1.165) is 0 Å². The zero-order chi connectivity index (χ0) is 12.7. The van der Waals surface area contributed by atoms with Gasteiger partial charge in [-0.05, 0) is 25.5 Å². The van der Waals surface area contributed by atoms with Crippen LogP contribution in [0.4, 0.5) is 11.4 Å². The Morgan fingerprint density at radius 3 is 2.53 bits per heavy atom. The highest BCUT2D eigenvalue weighted by Gasteiger charge is 2.06. The molecule has 1 rings (SSSR count). The summed E-state index contributed by atoms with van der Waals surface area (Å²) in [5.41, 5.74) is 2.50. The van der Waals surface area contributed by atoms with Crippen molar-refractivity contribution in [3.05, 3.63) is 24.3 Å². The molecule has 0 amide bonds. The van der Waals surface area contributed by atoms with E-state index in [1.54, 1.807) is 0 Å². The Morgan fingerprint density at radius 1 is 1.18 bits per heavy atom. The first-order valence-electron chi connectivity index (χ1n) is 6.68. The average Bonchev–Trinajstić information content (AvgIpc) is 2.29. The van der Waals surface area contributed by atoms with Crippen LogP contribution in [0.3, 0.4) is 0 Å². The van der Waals surface area contributed by atoms with Crippen LogP contribution >= 0.6 is 0 Å². The lowest BCUT2D eigenvalue weighted by molar-refractivity contribution is 0.615. The Morgan fingerprint density at radius 2 is 1.88 bits per heavy atom. The molecule has 0 saturated heterocycles. The molecule has 17 heavy (non-hydrogen) atoms. The highest BCUT2D eigenvalue weighted by molar-refractivity contribution is 5.69. The molecule has 2 heteroatoms. The molecule has 0 aromatic heterocycles. The zero-order valence-electron chi connectivity index (χ0n) is 11.7. The van der Waals surface area contributed by atoms with Gasteiger partial charge in [0.25, 0.3) is 0 Å². The van der Waals surface area contributed by atoms with E-state index >= 15 is 0 Å². The fourth-order valence-electron chi connectivity index (χ4n) is 2.02. The highest BCUT2D eigenvalue weighted by atomic mass is 15.1. The fraction of sp³-hybridized carbons (Fsp3) is 0.600. The summed E-state index contributed by atoms with van der Waals surface area (Å²) < 4.78 is 0. The van der Waals surface area contributed by atoms with E-state index in [-0.39, 0.29) is 0 Å². The first kappa shape index (κ1) is 13.9. The van der Waals surface area contributed by atoms with Gasteiger partial charge in [0.15, 0.2) is 0 Å². The van der Waals surface area contributed by atoms with Crippen LogP contribution in [0.1, 0.15) is 39.5 Å². The molecule has 1 N–H and O–H groups in total. The minimum Gasteiger partial charge on any atom is -0.381 e. The lowest BCUT2D eigenvalue weighted by atomic mass is 10.1. The molecule has 0 aliphatic heterocycles. The van der Waals surface area contributed by atoms with Crippen molar-refractivity contribution in [3.8, 4) is 0 Å². The maximum atomic E-state index is 3.61. The molecule has 0 radical (unpaired) electrons. The van der Waals surface area contributed by atoms with E-state index in [4.69, 9.17) is 0 Å². The smallest absolute Gasteiger partial charge is 0.0596 e. The number of rotatable bonds is 7. The molecule has 1 aromatic carbocycles. The summed E-state index contributed by atoms with van der Waals surface area (Å²) in [4.78, 5) is 2.15. The normalized spacial score (nSPS) is 12.2. The molecule has 96 valence electrons. The van der Waals surface area contributed by atoms with Gasteiger partial charge in [-0.1, -0.05) is 38.3 Å². The van der Waals surface area contributed by atoms with Crippen LogP contribution < -0.4 is 10.2 Å². The van der Waals surface area contributed by atoms with Crippen molar-refractivity contribution in [2.24, 2.45) is 0 Å². The fourth-order valence-corrected chi connectivity index (χ4v) is 2.02. The number of unbranched alkanes of at least 4 members (excludes halogenated alkanes) is 2. The molecule has 0 aliphatic rings. The van der Waals surface area contributed by atoms with E-state index in [1.165, 1.54) is 37.1 Å². The van der Waals surface area contributed by atoms with Gasteiger partial charge in [0, 0.05) is 20.1 Å². The summed E-state index contributed by atoms with van der Waals surface area (Å²) >= 11 is 0. The summed E-state index contributed by atoms with van der Waals surface area (Å²) in [5, 5.41) is 3.61. The molecular formula is C15H26N2. The zero-order valence-corrected chi connectivity index (χ0v) is 11.7. The van der Waals surface area contributed by atoms with Gasteiger partial charge in [-0.25, -0.2) is 0 Å². The van der Waals surface area contributed by atoms with Gasteiger partial charge in [-0.15, -0.1) is 0 Å². The van der Waals surface area contributed by atoms with Gasteiger partial charge in [0.2, 0.25) is 0 Å². The predicted octanol–water partition coefficient (Wildman–Crippen LogP) is 4.13. The summed E-state index contributed by atoms with van der Waals surface area (Å²) in [6.07, 6.45) is 5.19.